The van der Waals surface area contributed by atoms with Crippen molar-refractivity contribution in [3.8, 4) is 22.8 Å². The maximum absolute atomic E-state index is 4.98. The lowest BCUT2D eigenvalue weighted by Gasteiger charge is -2.22. The number of fused-ring (bicyclic) bond motifs is 1. The van der Waals surface area contributed by atoms with Gasteiger partial charge in [0, 0.05) is 43.2 Å². The predicted molar refractivity (Wildman–Crippen MR) is 115 cm³/mol. The van der Waals surface area contributed by atoms with Gasteiger partial charge in [0.1, 0.15) is 11.3 Å². The van der Waals surface area contributed by atoms with Crippen molar-refractivity contribution in [2.45, 2.75) is 6.42 Å². The van der Waals surface area contributed by atoms with Gasteiger partial charge in [-0.05, 0) is 32.1 Å². The van der Waals surface area contributed by atoms with Crippen LogP contribution in [0.25, 0.3) is 33.9 Å². The van der Waals surface area contributed by atoms with Crippen molar-refractivity contribution in [3.63, 3.8) is 0 Å². The van der Waals surface area contributed by atoms with E-state index in [-0.39, 0.29) is 0 Å². The molecule has 3 aromatic heterocycles. The molecule has 5 rings (SSSR count). The Kier molecular flexibility index (Phi) is 4.65. The molecule has 0 spiro atoms. The quantitative estimate of drug-likeness (QED) is 0.584. The number of anilines is 1. The van der Waals surface area contributed by atoms with E-state index in [1.54, 1.807) is 12.4 Å². The van der Waals surface area contributed by atoms with Crippen LogP contribution >= 0.6 is 0 Å². The average molecular weight is 385 g/mol. The van der Waals surface area contributed by atoms with E-state index < -0.39 is 0 Å². The van der Waals surface area contributed by atoms with Crippen LogP contribution in [0.15, 0.2) is 54.9 Å². The first-order valence-corrected chi connectivity index (χ1v) is 9.95. The van der Waals surface area contributed by atoms with Gasteiger partial charge in [0.15, 0.2) is 17.3 Å². The number of likely N-dealkylation sites (N-methyl/N-ethyl adjacent to an activating group) is 1. The molecule has 0 saturated carbocycles. The van der Waals surface area contributed by atoms with E-state index in [1.165, 1.54) is 0 Å². The Hall–Kier alpha value is -3.32. The Bertz CT molecular complexity index is 1110. The summed E-state index contributed by atoms with van der Waals surface area (Å²) in [7, 11) is 2.17. The molecule has 0 unspecified atom stereocenters. The highest BCUT2D eigenvalue weighted by atomic mass is 15.3. The molecule has 0 atom stereocenters. The average Bonchev–Trinajstić information content (AvgIpc) is 3.09. The molecule has 0 bridgehead atoms. The third-order valence-corrected chi connectivity index (χ3v) is 5.34. The highest BCUT2D eigenvalue weighted by Crippen LogP contribution is 2.29. The van der Waals surface area contributed by atoms with Crippen molar-refractivity contribution in [2.75, 3.05) is 38.1 Å². The van der Waals surface area contributed by atoms with Crippen LogP contribution in [0.1, 0.15) is 6.42 Å². The smallest absolute Gasteiger partial charge is 0.184 e. The van der Waals surface area contributed by atoms with E-state index in [9.17, 15) is 0 Å². The number of imidazole rings is 1. The lowest BCUT2D eigenvalue weighted by atomic mass is 10.2. The Morgan fingerprint density at radius 2 is 1.66 bits per heavy atom. The van der Waals surface area contributed by atoms with Crippen LogP contribution in [0.4, 0.5) is 5.82 Å². The molecule has 4 heterocycles. The Labute approximate surface area is 169 Å². The fourth-order valence-electron chi connectivity index (χ4n) is 3.73. The topological polar surface area (TPSA) is 73.8 Å². The maximum atomic E-state index is 4.98. The molecule has 4 aromatic rings. The zero-order chi connectivity index (χ0) is 19.6. The number of nitrogens with one attached hydrogen (secondary N) is 1. The Morgan fingerprint density at radius 3 is 2.48 bits per heavy atom. The second-order valence-electron chi connectivity index (χ2n) is 7.40. The van der Waals surface area contributed by atoms with E-state index in [1.807, 2.05) is 42.5 Å². The summed E-state index contributed by atoms with van der Waals surface area (Å²) < 4.78 is 0. The minimum absolute atomic E-state index is 0.693. The van der Waals surface area contributed by atoms with Gasteiger partial charge in [-0.1, -0.05) is 30.3 Å². The molecule has 29 heavy (non-hydrogen) atoms. The number of H-pyrrole nitrogens is 1. The van der Waals surface area contributed by atoms with Gasteiger partial charge in [-0.2, -0.15) is 0 Å². The monoisotopic (exact) mass is 385 g/mol. The summed E-state index contributed by atoms with van der Waals surface area (Å²) in [6.45, 7) is 4.01. The molecular formula is C22H23N7. The zero-order valence-electron chi connectivity index (χ0n) is 16.4. The van der Waals surface area contributed by atoms with Gasteiger partial charge in [-0.25, -0.2) is 15.0 Å². The molecule has 7 nitrogen and oxygen atoms in total. The van der Waals surface area contributed by atoms with Gasteiger partial charge in [0.25, 0.3) is 0 Å². The summed E-state index contributed by atoms with van der Waals surface area (Å²) in [5, 5.41) is 0. The number of benzene rings is 1. The number of nitrogens with zero attached hydrogens (tertiary/aromatic N) is 6. The van der Waals surface area contributed by atoms with Crippen LogP contribution in [-0.4, -0.2) is 63.0 Å². The molecule has 1 aliphatic rings. The van der Waals surface area contributed by atoms with E-state index in [4.69, 9.17) is 15.0 Å². The summed E-state index contributed by atoms with van der Waals surface area (Å²) >= 11 is 0. The number of hydrogen-bond acceptors (Lipinski definition) is 6. The lowest BCUT2D eigenvalue weighted by Crippen LogP contribution is -2.29. The molecule has 0 aliphatic carbocycles. The van der Waals surface area contributed by atoms with Gasteiger partial charge < -0.3 is 14.8 Å². The molecule has 1 aromatic carbocycles. The fraction of sp³-hybridized carbons (Fsp3) is 0.273. The second kappa shape index (κ2) is 7.60. The molecule has 146 valence electrons. The van der Waals surface area contributed by atoms with Gasteiger partial charge in [-0.15, -0.1) is 0 Å². The summed E-state index contributed by atoms with van der Waals surface area (Å²) in [4.78, 5) is 26.8. The van der Waals surface area contributed by atoms with Crippen molar-refractivity contribution in [1.29, 1.82) is 0 Å². The second-order valence-corrected chi connectivity index (χ2v) is 7.40. The molecule has 1 aliphatic heterocycles. The number of pyridine rings is 1. The minimum Gasteiger partial charge on any atom is -0.353 e. The zero-order valence-corrected chi connectivity index (χ0v) is 16.4. The highest BCUT2D eigenvalue weighted by molar-refractivity contribution is 5.88. The van der Waals surface area contributed by atoms with Gasteiger partial charge in [0.05, 0.1) is 0 Å². The van der Waals surface area contributed by atoms with Crippen LogP contribution in [-0.2, 0) is 0 Å². The number of hydrogen-bond donors (Lipinski definition) is 1. The lowest BCUT2D eigenvalue weighted by molar-refractivity contribution is 0.360. The Morgan fingerprint density at radius 1 is 0.828 bits per heavy atom. The van der Waals surface area contributed by atoms with Crippen LogP contribution in [0, 0.1) is 0 Å². The highest BCUT2D eigenvalue weighted by Gasteiger charge is 2.21. The minimum atomic E-state index is 0.693. The standard InChI is InChI=1S/C22H23N7/c1-28-12-5-13-29(15-14-28)22-18-21(25-19(24-18)17-8-10-23-11-9-17)26-20(27-22)16-6-3-2-4-7-16/h2-4,6-11H,5,12-15H2,1H3,(H,24,25,26,27). The number of rotatable bonds is 3. The SMILES string of the molecule is CN1CCCN(c2nc(-c3ccccc3)nc3nc(-c4ccncc4)[nH]c23)CC1. The first kappa shape index (κ1) is 17.8. The molecule has 1 saturated heterocycles. The molecule has 7 heteroatoms. The summed E-state index contributed by atoms with van der Waals surface area (Å²) in [5.41, 5.74) is 3.57. The molecule has 1 fully saturated rings. The maximum Gasteiger partial charge on any atom is 0.184 e. The number of aromatic amines is 1. The largest absolute Gasteiger partial charge is 0.353 e. The first-order valence-electron chi connectivity index (χ1n) is 9.95. The predicted octanol–water partition coefficient (Wildman–Crippen LogP) is 3.22. The molecular weight excluding hydrogens is 362 g/mol. The third kappa shape index (κ3) is 3.56. The van der Waals surface area contributed by atoms with Crippen LogP contribution in [0.3, 0.4) is 0 Å². The molecule has 0 amide bonds. The van der Waals surface area contributed by atoms with Crippen molar-refractivity contribution >= 4 is 17.0 Å². The van der Waals surface area contributed by atoms with E-state index in [0.717, 1.165) is 60.9 Å². The van der Waals surface area contributed by atoms with E-state index in [0.29, 0.717) is 11.5 Å². The van der Waals surface area contributed by atoms with Crippen LogP contribution in [0.5, 0.6) is 0 Å². The molecule has 0 radical (unpaired) electrons. The molecule has 1 N–H and O–H groups in total. The van der Waals surface area contributed by atoms with E-state index in [2.05, 4.69) is 26.8 Å². The van der Waals surface area contributed by atoms with Crippen molar-refractivity contribution < 1.29 is 0 Å². The fourth-order valence-corrected chi connectivity index (χ4v) is 3.73. The normalized spacial score (nSPS) is 15.6. The summed E-state index contributed by atoms with van der Waals surface area (Å²) in [6, 6.07) is 14.0. The van der Waals surface area contributed by atoms with Gasteiger partial charge in [0.2, 0.25) is 0 Å². The van der Waals surface area contributed by atoms with Crippen LogP contribution in [0.2, 0.25) is 0 Å². The van der Waals surface area contributed by atoms with Crippen molar-refractivity contribution in [3.05, 3.63) is 54.9 Å². The summed E-state index contributed by atoms with van der Waals surface area (Å²) in [5.74, 6) is 2.42. The van der Waals surface area contributed by atoms with Crippen LogP contribution < -0.4 is 4.90 Å². The van der Waals surface area contributed by atoms with Crippen molar-refractivity contribution in [1.82, 2.24) is 29.8 Å². The van der Waals surface area contributed by atoms with Gasteiger partial charge in [-0.3, -0.25) is 4.98 Å². The number of aromatic nitrogens is 5. The first-order chi connectivity index (χ1) is 14.3. The van der Waals surface area contributed by atoms with E-state index >= 15 is 0 Å². The third-order valence-electron chi connectivity index (χ3n) is 5.34. The van der Waals surface area contributed by atoms with Crippen molar-refractivity contribution in [2.24, 2.45) is 0 Å². The van der Waals surface area contributed by atoms with Gasteiger partial charge >= 0.3 is 0 Å². The Balaban J connectivity index is 1.66. The summed E-state index contributed by atoms with van der Waals surface area (Å²) in [6.07, 6.45) is 4.65.